The molecular formula is C17H26BrNO. The molecule has 1 aromatic carbocycles. The molecule has 1 fully saturated rings. The Morgan fingerprint density at radius 2 is 2.00 bits per heavy atom. The van der Waals surface area contributed by atoms with E-state index in [1.165, 1.54) is 24.8 Å². The van der Waals surface area contributed by atoms with Crippen molar-refractivity contribution in [2.45, 2.75) is 52.2 Å². The smallest absolute Gasteiger partial charge is 0.125 e. The van der Waals surface area contributed by atoms with Gasteiger partial charge in [-0.1, -0.05) is 35.8 Å². The van der Waals surface area contributed by atoms with Crippen LogP contribution in [0, 0.1) is 11.8 Å². The summed E-state index contributed by atoms with van der Waals surface area (Å²) < 4.78 is 7.42. The maximum atomic E-state index is 6.34. The summed E-state index contributed by atoms with van der Waals surface area (Å²) in [5.41, 5.74) is 1.24. The third-order valence-electron chi connectivity index (χ3n) is 4.72. The summed E-state index contributed by atoms with van der Waals surface area (Å²) in [6.45, 7) is 6.87. The van der Waals surface area contributed by atoms with Gasteiger partial charge in [-0.25, -0.2) is 0 Å². The summed E-state index contributed by atoms with van der Waals surface area (Å²) in [4.78, 5) is 0. The topological polar surface area (TPSA) is 21.3 Å². The lowest BCUT2D eigenvalue weighted by Crippen LogP contribution is -2.29. The third-order valence-corrected chi connectivity index (χ3v) is 5.21. The molecule has 1 aliphatic carbocycles. The molecule has 3 heteroatoms. The number of ether oxygens (including phenoxy) is 1. The van der Waals surface area contributed by atoms with Crippen LogP contribution in [0.1, 0.15) is 51.6 Å². The molecule has 0 saturated heterocycles. The summed E-state index contributed by atoms with van der Waals surface area (Å²) in [6.07, 6.45) is 3.97. The minimum Gasteiger partial charge on any atom is -0.490 e. The monoisotopic (exact) mass is 339 g/mol. The first-order chi connectivity index (χ1) is 9.51. The number of hydrogen-bond acceptors (Lipinski definition) is 2. The average Bonchev–Trinajstić information content (AvgIpc) is 2.42. The highest BCUT2D eigenvalue weighted by atomic mass is 79.9. The summed E-state index contributed by atoms with van der Waals surface area (Å²) in [6, 6.07) is 6.64. The zero-order chi connectivity index (χ0) is 14.7. The molecule has 0 bridgehead atoms. The number of hydrogen-bond donors (Lipinski definition) is 1. The van der Waals surface area contributed by atoms with Crippen LogP contribution in [-0.2, 0) is 0 Å². The molecule has 0 amide bonds. The molecule has 1 N–H and O–H groups in total. The zero-order valence-electron chi connectivity index (χ0n) is 12.9. The molecule has 20 heavy (non-hydrogen) atoms. The SMILES string of the molecule is CNC(C)c1ccc(Br)cc1OC1CCC(C)C(C)C1. The van der Waals surface area contributed by atoms with Crippen LogP contribution in [0.5, 0.6) is 5.75 Å². The van der Waals surface area contributed by atoms with E-state index in [2.05, 4.69) is 60.2 Å². The Balaban J connectivity index is 2.14. The fraction of sp³-hybridized carbons (Fsp3) is 0.647. The van der Waals surface area contributed by atoms with Crippen LogP contribution in [0.4, 0.5) is 0 Å². The van der Waals surface area contributed by atoms with Crippen LogP contribution in [0.25, 0.3) is 0 Å². The molecule has 4 unspecified atom stereocenters. The van der Waals surface area contributed by atoms with E-state index in [0.29, 0.717) is 12.1 Å². The van der Waals surface area contributed by atoms with Gasteiger partial charge in [0.2, 0.25) is 0 Å². The normalized spacial score (nSPS) is 28.1. The van der Waals surface area contributed by atoms with Crippen LogP contribution in [0.3, 0.4) is 0 Å². The van der Waals surface area contributed by atoms with Crippen LogP contribution in [-0.4, -0.2) is 13.2 Å². The molecule has 112 valence electrons. The van der Waals surface area contributed by atoms with Gasteiger partial charge in [0.25, 0.3) is 0 Å². The second-order valence-corrected chi connectivity index (χ2v) is 7.12. The highest BCUT2D eigenvalue weighted by Gasteiger charge is 2.26. The van der Waals surface area contributed by atoms with Crippen molar-refractivity contribution >= 4 is 15.9 Å². The average molecular weight is 340 g/mol. The van der Waals surface area contributed by atoms with Gasteiger partial charge in [-0.15, -0.1) is 0 Å². The maximum Gasteiger partial charge on any atom is 0.125 e. The van der Waals surface area contributed by atoms with Crippen LogP contribution < -0.4 is 10.1 Å². The van der Waals surface area contributed by atoms with Gasteiger partial charge in [-0.05, 0) is 57.2 Å². The van der Waals surface area contributed by atoms with E-state index in [1.807, 2.05) is 7.05 Å². The Labute approximate surface area is 131 Å². The van der Waals surface area contributed by atoms with E-state index in [1.54, 1.807) is 0 Å². The molecule has 1 aromatic rings. The first-order valence-corrected chi connectivity index (χ1v) is 8.44. The standard InChI is InChI=1S/C17H26BrNO/c1-11-5-7-15(9-12(11)2)20-17-10-14(18)6-8-16(17)13(3)19-4/h6,8,10-13,15,19H,5,7,9H2,1-4H3. The number of nitrogens with one attached hydrogen (secondary N) is 1. The summed E-state index contributed by atoms with van der Waals surface area (Å²) in [7, 11) is 1.99. The summed E-state index contributed by atoms with van der Waals surface area (Å²) in [5, 5.41) is 3.30. The van der Waals surface area contributed by atoms with Gasteiger partial charge in [0.05, 0.1) is 6.10 Å². The van der Waals surface area contributed by atoms with E-state index in [4.69, 9.17) is 4.74 Å². The third kappa shape index (κ3) is 3.76. The fourth-order valence-corrected chi connectivity index (χ4v) is 3.25. The second kappa shape index (κ2) is 6.95. The first-order valence-electron chi connectivity index (χ1n) is 7.64. The first kappa shape index (κ1) is 15.8. The van der Waals surface area contributed by atoms with E-state index in [-0.39, 0.29) is 0 Å². The maximum absolute atomic E-state index is 6.34. The minimum absolute atomic E-state index is 0.304. The molecule has 0 heterocycles. The van der Waals surface area contributed by atoms with E-state index in [0.717, 1.165) is 22.1 Å². The van der Waals surface area contributed by atoms with Crippen molar-refractivity contribution in [3.63, 3.8) is 0 Å². The van der Waals surface area contributed by atoms with Crippen molar-refractivity contribution in [3.05, 3.63) is 28.2 Å². The minimum atomic E-state index is 0.304. The lowest BCUT2D eigenvalue weighted by atomic mass is 9.80. The summed E-state index contributed by atoms with van der Waals surface area (Å²) in [5.74, 6) is 2.60. The van der Waals surface area contributed by atoms with Crippen LogP contribution in [0.2, 0.25) is 0 Å². The van der Waals surface area contributed by atoms with Gasteiger partial charge in [0.1, 0.15) is 5.75 Å². The molecule has 1 aliphatic rings. The van der Waals surface area contributed by atoms with Crippen molar-refractivity contribution in [1.82, 2.24) is 5.32 Å². The lowest BCUT2D eigenvalue weighted by Gasteiger charge is -2.33. The zero-order valence-corrected chi connectivity index (χ0v) is 14.5. The van der Waals surface area contributed by atoms with Crippen molar-refractivity contribution in [3.8, 4) is 5.75 Å². The van der Waals surface area contributed by atoms with Crippen molar-refractivity contribution < 1.29 is 4.74 Å². The molecule has 0 spiro atoms. The van der Waals surface area contributed by atoms with E-state index < -0.39 is 0 Å². The Bertz CT molecular complexity index is 449. The van der Waals surface area contributed by atoms with Gasteiger partial charge < -0.3 is 10.1 Å². The molecule has 0 radical (unpaired) electrons. The Hall–Kier alpha value is -0.540. The molecule has 1 saturated carbocycles. The number of benzene rings is 1. The summed E-state index contributed by atoms with van der Waals surface area (Å²) >= 11 is 3.55. The Morgan fingerprint density at radius 1 is 1.25 bits per heavy atom. The van der Waals surface area contributed by atoms with Gasteiger partial charge in [-0.2, -0.15) is 0 Å². The molecule has 2 rings (SSSR count). The van der Waals surface area contributed by atoms with Crippen LogP contribution >= 0.6 is 15.9 Å². The molecule has 0 aliphatic heterocycles. The Kier molecular flexibility index (Phi) is 5.50. The van der Waals surface area contributed by atoms with Crippen molar-refractivity contribution in [2.24, 2.45) is 11.8 Å². The number of halogens is 1. The van der Waals surface area contributed by atoms with Crippen LogP contribution in [0.15, 0.2) is 22.7 Å². The highest BCUT2D eigenvalue weighted by molar-refractivity contribution is 9.10. The molecule has 4 atom stereocenters. The molecule has 0 aromatic heterocycles. The van der Waals surface area contributed by atoms with E-state index >= 15 is 0 Å². The van der Waals surface area contributed by atoms with Gasteiger partial charge in [0.15, 0.2) is 0 Å². The second-order valence-electron chi connectivity index (χ2n) is 6.20. The predicted molar refractivity (Wildman–Crippen MR) is 88.2 cm³/mol. The largest absolute Gasteiger partial charge is 0.490 e. The fourth-order valence-electron chi connectivity index (χ4n) is 2.91. The van der Waals surface area contributed by atoms with Crippen molar-refractivity contribution in [2.75, 3.05) is 7.05 Å². The molecular weight excluding hydrogens is 314 g/mol. The van der Waals surface area contributed by atoms with E-state index in [9.17, 15) is 0 Å². The lowest BCUT2D eigenvalue weighted by molar-refractivity contribution is 0.0992. The van der Waals surface area contributed by atoms with Gasteiger partial charge in [-0.3, -0.25) is 0 Å². The molecule has 2 nitrogen and oxygen atoms in total. The van der Waals surface area contributed by atoms with Gasteiger partial charge in [0, 0.05) is 16.1 Å². The number of rotatable bonds is 4. The predicted octanol–water partition coefficient (Wildman–Crippen LogP) is 4.93. The van der Waals surface area contributed by atoms with Crippen molar-refractivity contribution in [1.29, 1.82) is 0 Å². The highest BCUT2D eigenvalue weighted by Crippen LogP contribution is 2.35. The quantitative estimate of drug-likeness (QED) is 0.839. The Morgan fingerprint density at radius 3 is 2.65 bits per heavy atom. The van der Waals surface area contributed by atoms with Gasteiger partial charge >= 0.3 is 0 Å².